The van der Waals surface area contributed by atoms with Gasteiger partial charge in [0.25, 0.3) is 0 Å². The van der Waals surface area contributed by atoms with E-state index in [-0.39, 0.29) is 0 Å². The molecule has 0 unspecified atom stereocenters. The van der Waals surface area contributed by atoms with Gasteiger partial charge in [0.15, 0.2) is 11.2 Å². The molecule has 2 N–H and O–H groups in total. The molecule has 90 valence electrons. The summed E-state index contributed by atoms with van der Waals surface area (Å²) >= 11 is 11.9. The smallest absolute Gasteiger partial charge is 0.231 e. The van der Waals surface area contributed by atoms with Crippen molar-refractivity contribution in [2.45, 2.75) is 0 Å². The molecule has 0 amide bonds. The molecule has 4 nitrogen and oxygen atoms in total. The van der Waals surface area contributed by atoms with Crippen LogP contribution in [-0.2, 0) is 0 Å². The topological polar surface area (TPSA) is 64.9 Å². The number of pyridine rings is 1. The average molecular weight is 280 g/mol. The highest BCUT2D eigenvalue weighted by atomic mass is 35.5. The largest absolute Gasteiger partial charge is 0.434 e. The highest BCUT2D eigenvalue weighted by Crippen LogP contribution is 2.35. The van der Waals surface area contributed by atoms with Gasteiger partial charge in [-0.05, 0) is 24.3 Å². The van der Waals surface area contributed by atoms with Crippen LogP contribution in [0, 0.1) is 0 Å². The molecule has 18 heavy (non-hydrogen) atoms. The Balaban J connectivity index is 2.26. The van der Waals surface area contributed by atoms with E-state index in [4.69, 9.17) is 33.4 Å². The van der Waals surface area contributed by atoms with Crippen LogP contribution in [0.4, 0.5) is 5.69 Å². The van der Waals surface area contributed by atoms with Gasteiger partial charge in [0.2, 0.25) is 5.89 Å². The zero-order chi connectivity index (χ0) is 12.7. The van der Waals surface area contributed by atoms with E-state index in [9.17, 15) is 0 Å². The van der Waals surface area contributed by atoms with Gasteiger partial charge in [-0.15, -0.1) is 0 Å². The Kier molecular flexibility index (Phi) is 2.61. The fraction of sp³-hybridized carbons (Fsp3) is 0. The van der Waals surface area contributed by atoms with Crippen molar-refractivity contribution in [3.05, 3.63) is 40.5 Å². The van der Waals surface area contributed by atoms with Gasteiger partial charge in [-0.25, -0.2) is 4.98 Å². The summed E-state index contributed by atoms with van der Waals surface area (Å²) < 4.78 is 5.57. The number of rotatable bonds is 1. The summed E-state index contributed by atoms with van der Waals surface area (Å²) in [5, 5.41) is 0.840. The molecule has 0 saturated heterocycles. The third kappa shape index (κ3) is 1.79. The summed E-state index contributed by atoms with van der Waals surface area (Å²) in [6.45, 7) is 0. The monoisotopic (exact) mass is 279 g/mol. The molecule has 2 heterocycles. The number of nitrogens with zero attached hydrogens (tertiary/aromatic N) is 2. The Labute approximate surface area is 112 Å². The molecule has 0 spiro atoms. The quantitative estimate of drug-likeness (QED) is 0.689. The molecule has 0 bridgehead atoms. The normalized spacial score (nSPS) is 11.0. The van der Waals surface area contributed by atoms with Crippen molar-refractivity contribution in [1.29, 1.82) is 0 Å². The number of fused-ring (bicyclic) bond motifs is 1. The van der Waals surface area contributed by atoms with Crippen molar-refractivity contribution < 1.29 is 4.42 Å². The maximum absolute atomic E-state index is 5.97. The number of benzene rings is 1. The third-order valence-corrected chi connectivity index (χ3v) is 3.02. The second kappa shape index (κ2) is 4.15. The summed E-state index contributed by atoms with van der Waals surface area (Å²) in [5.41, 5.74) is 7.94. The number of halogens is 2. The van der Waals surface area contributed by atoms with Crippen molar-refractivity contribution in [2.24, 2.45) is 0 Å². The minimum atomic E-state index is 0.352. The van der Waals surface area contributed by atoms with Crippen LogP contribution in [0.3, 0.4) is 0 Å². The van der Waals surface area contributed by atoms with Crippen LogP contribution in [0.25, 0.3) is 22.7 Å². The maximum atomic E-state index is 5.97. The number of oxazole rings is 1. The van der Waals surface area contributed by atoms with E-state index >= 15 is 0 Å². The van der Waals surface area contributed by atoms with Crippen LogP contribution in [-0.4, -0.2) is 9.97 Å². The second-order valence-electron chi connectivity index (χ2n) is 3.69. The van der Waals surface area contributed by atoms with Crippen molar-refractivity contribution >= 4 is 40.1 Å². The fourth-order valence-electron chi connectivity index (χ4n) is 1.65. The van der Waals surface area contributed by atoms with Crippen molar-refractivity contribution in [3.8, 4) is 11.5 Å². The molecule has 2 aromatic heterocycles. The lowest BCUT2D eigenvalue weighted by Crippen LogP contribution is -1.91. The zero-order valence-electron chi connectivity index (χ0n) is 9.02. The van der Waals surface area contributed by atoms with Gasteiger partial charge < -0.3 is 10.2 Å². The summed E-state index contributed by atoms with van der Waals surface area (Å²) in [6.07, 6.45) is 1.64. The first-order chi connectivity index (χ1) is 8.65. The Hall–Kier alpha value is -1.78. The molecule has 3 rings (SSSR count). The molecule has 6 heteroatoms. The lowest BCUT2D eigenvalue weighted by atomic mass is 10.2. The Morgan fingerprint density at radius 2 is 2.06 bits per heavy atom. The van der Waals surface area contributed by atoms with Crippen LogP contribution in [0.2, 0.25) is 10.0 Å². The van der Waals surface area contributed by atoms with E-state index in [1.54, 1.807) is 30.5 Å². The molecular formula is C12H7Cl2N3O. The Morgan fingerprint density at radius 3 is 2.83 bits per heavy atom. The lowest BCUT2D eigenvalue weighted by Gasteiger charge is -2.04. The van der Waals surface area contributed by atoms with E-state index < -0.39 is 0 Å². The molecule has 0 atom stereocenters. The average Bonchev–Trinajstić information content (AvgIpc) is 2.77. The first-order valence-corrected chi connectivity index (χ1v) is 5.87. The fourth-order valence-corrected chi connectivity index (χ4v) is 2.14. The van der Waals surface area contributed by atoms with E-state index in [0.717, 1.165) is 0 Å². The number of nitrogen functional groups attached to an aromatic ring is 1. The van der Waals surface area contributed by atoms with Gasteiger partial charge in [0, 0.05) is 11.2 Å². The SMILES string of the molecule is Nc1c(Cl)cc(Cl)cc1-c1nc2ncccc2o1. The first-order valence-electron chi connectivity index (χ1n) is 5.11. The van der Waals surface area contributed by atoms with Crippen LogP contribution >= 0.6 is 23.2 Å². The predicted octanol–water partition coefficient (Wildman–Crippen LogP) is 3.78. The van der Waals surface area contributed by atoms with Gasteiger partial charge in [0.05, 0.1) is 16.3 Å². The predicted molar refractivity (Wildman–Crippen MR) is 71.7 cm³/mol. The highest BCUT2D eigenvalue weighted by molar-refractivity contribution is 6.37. The number of hydrogen-bond donors (Lipinski definition) is 1. The first kappa shape index (κ1) is 11.3. The minimum absolute atomic E-state index is 0.352. The molecule has 0 aliphatic rings. The van der Waals surface area contributed by atoms with Crippen LogP contribution < -0.4 is 5.73 Å². The molecule has 0 aliphatic carbocycles. The van der Waals surface area contributed by atoms with Crippen molar-refractivity contribution in [3.63, 3.8) is 0 Å². The number of anilines is 1. The number of aromatic nitrogens is 2. The van der Waals surface area contributed by atoms with Crippen LogP contribution in [0.5, 0.6) is 0 Å². The number of nitrogens with two attached hydrogens (primary N) is 1. The van der Waals surface area contributed by atoms with Crippen molar-refractivity contribution in [2.75, 3.05) is 5.73 Å². The van der Waals surface area contributed by atoms with E-state index in [0.29, 0.717) is 38.4 Å². The summed E-state index contributed by atoms with van der Waals surface area (Å²) in [7, 11) is 0. The van der Waals surface area contributed by atoms with E-state index in [2.05, 4.69) is 9.97 Å². The highest BCUT2D eigenvalue weighted by Gasteiger charge is 2.14. The minimum Gasteiger partial charge on any atom is -0.434 e. The standard InChI is InChI=1S/C12H7Cl2N3O/c13-6-4-7(10(15)8(14)5-6)12-17-11-9(18-12)2-1-3-16-11/h1-5H,15H2. The van der Waals surface area contributed by atoms with Gasteiger partial charge in [-0.2, -0.15) is 4.98 Å². The molecule has 1 aromatic carbocycles. The summed E-state index contributed by atoms with van der Waals surface area (Å²) in [5.74, 6) is 0.352. The van der Waals surface area contributed by atoms with E-state index in [1.165, 1.54) is 0 Å². The molecule has 0 aliphatic heterocycles. The van der Waals surface area contributed by atoms with Crippen LogP contribution in [0.1, 0.15) is 0 Å². The zero-order valence-corrected chi connectivity index (χ0v) is 10.5. The second-order valence-corrected chi connectivity index (χ2v) is 4.54. The van der Waals surface area contributed by atoms with Gasteiger partial charge in [-0.1, -0.05) is 23.2 Å². The van der Waals surface area contributed by atoms with E-state index in [1.807, 2.05) is 0 Å². The Bertz CT molecular complexity index is 706. The van der Waals surface area contributed by atoms with Gasteiger partial charge >= 0.3 is 0 Å². The molecule has 3 aromatic rings. The Morgan fingerprint density at radius 1 is 1.22 bits per heavy atom. The molecular weight excluding hydrogens is 273 g/mol. The van der Waals surface area contributed by atoms with Gasteiger partial charge in [0.1, 0.15) is 0 Å². The molecule has 0 radical (unpaired) electrons. The van der Waals surface area contributed by atoms with Crippen LogP contribution in [0.15, 0.2) is 34.9 Å². The molecule has 0 saturated carbocycles. The summed E-state index contributed by atoms with van der Waals surface area (Å²) in [4.78, 5) is 8.34. The molecule has 0 fully saturated rings. The third-order valence-electron chi connectivity index (χ3n) is 2.49. The lowest BCUT2D eigenvalue weighted by molar-refractivity contribution is 0.620. The van der Waals surface area contributed by atoms with Crippen molar-refractivity contribution in [1.82, 2.24) is 9.97 Å². The number of hydrogen-bond acceptors (Lipinski definition) is 4. The summed E-state index contributed by atoms with van der Waals surface area (Å²) in [6, 6.07) is 6.78. The van der Waals surface area contributed by atoms with Gasteiger partial charge in [-0.3, -0.25) is 0 Å². The maximum Gasteiger partial charge on any atom is 0.231 e.